The molecule has 9 nitrogen and oxygen atoms in total. The maximum atomic E-state index is 13.9. The molecule has 188 valence electrons. The number of nitrogens with one attached hydrogen (secondary N) is 3. The van der Waals surface area contributed by atoms with Crippen LogP contribution in [-0.4, -0.2) is 31.0 Å². The number of aromatic nitrogens is 2. The third-order valence-electron chi connectivity index (χ3n) is 4.91. The molecule has 0 saturated heterocycles. The van der Waals surface area contributed by atoms with Gasteiger partial charge in [-0.05, 0) is 48.5 Å². The minimum Gasteiger partial charge on any atom is -0.388 e. The Morgan fingerprint density at radius 2 is 1.81 bits per heavy atom. The molecule has 0 saturated carbocycles. The van der Waals surface area contributed by atoms with Crippen LogP contribution in [0.5, 0.6) is 0 Å². The summed E-state index contributed by atoms with van der Waals surface area (Å²) in [6.45, 7) is 0. The predicted molar refractivity (Wildman–Crippen MR) is 131 cm³/mol. The first-order valence-corrected chi connectivity index (χ1v) is 12.6. The minimum atomic E-state index is -4.92. The lowest BCUT2D eigenvalue weighted by Crippen LogP contribution is -2.34. The van der Waals surface area contributed by atoms with E-state index in [1.165, 1.54) is 18.2 Å². The fourth-order valence-electron chi connectivity index (χ4n) is 3.27. The van der Waals surface area contributed by atoms with Crippen molar-refractivity contribution in [3.63, 3.8) is 0 Å². The first-order valence-electron chi connectivity index (χ1n) is 9.89. The molecule has 0 atom stereocenters. The third kappa shape index (κ3) is 5.15. The zero-order valence-electron chi connectivity index (χ0n) is 18.1. The van der Waals surface area contributed by atoms with Crippen LogP contribution in [0.2, 0.25) is 4.34 Å². The van der Waals surface area contributed by atoms with Gasteiger partial charge in [-0.2, -0.15) is 13.2 Å². The normalized spacial score (nSPS) is 11.9. The van der Waals surface area contributed by atoms with Crippen LogP contribution in [-0.2, 0) is 16.2 Å². The molecule has 0 spiro atoms. The quantitative estimate of drug-likeness (QED) is 0.328. The molecular formula is C21H15ClF3N5O4S2. The van der Waals surface area contributed by atoms with E-state index in [9.17, 15) is 31.2 Å². The van der Waals surface area contributed by atoms with Crippen LogP contribution in [0.25, 0.3) is 16.6 Å². The van der Waals surface area contributed by atoms with E-state index in [4.69, 9.17) is 11.6 Å². The van der Waals surface area contributed by atoms with E-state index < -0.39 is 39.0 Å². The first-order chi connectivity index (χ1) is 16.9. The highest BCUT2D eigenvalue weighted by Gasteiger charge is 2.35. The summed E-state index contributed by atoms with van der Waals surface area (Å²) in [6, 6.07) is 8.48. The number of nitrogens with zero attached hydrogens (tertiary/aromatic N) is 2. The van der Waals surface area contributed by atoms with Gasteiger partial charge in [0.05, 0.1) is 26.5 Å². The predicted octanol–water partition coefficient (Wildman–Crippen LogP) is 4.67. The topological polar surface area (TPSA) is 122 Å². The Bertz CT molecular complexity index is 1650. The van der Waals surface area contributed by atoms with Crippen LogP contribution in [0.15, 0.2) is 63.9 Å². The number of hydrogen-bond donors (Lipinski definition) is 3. The highest BCUT2D eigenvalue weighted by atomic mass is 35.5. The molecule has 0 aliphatic rings. The van der Waals surface area contributed by atoms with Crippen LogP contribution in [0.1, 0.15) is 5.56 Å². The van der Waals surface area contributed by atoms with Crippen LogP contribution in [0.4, 0.5) is 29.3 Å². The number of sulfonamides is 1. The molecule has 0 fully saturated rings. The van der Waals surface area contributed by atoms with E-state index in [0.29, 0.717) is 28.6 Å². The molecule has 4 rings (SSSR count). The number of carbonyl (C=O) groups is 1. The van der Waals surface area contributed by atoms with E-state index in [1.54, 1.807) is 23.9 Å². The Labute approximate surface area is 210 Å². The van der Waals surface area contributed by atoms with E-state index in [2.05, 4.69) is 15.6 Å². The largest absolute Gasteiger partial charge is 0.418 e. The summed E-state index contributed by atoms with van der Waals surface area (Å²) in [4.78, 5) is 29.2. The number of carbonyl (C=O) groups excluding carboxylic acids is 1. The maximum Gasteiger partial charge on any atom is 0.418 e. The molecule has 3 N–H and O–H groups in total. The van der Waals surface area contributed by atoms with Gasteiger partial charge >= 0.3 is 12.2 Å². The number of thiophene rings is 1. The van der Waals surface area contributed by atoms with Crippen LogP contribution in [0.3, 0.4) is 0 Å². The molecule has 0 unspecified atom stereocenters. The fraction of sp³-hybridized carbons (Fsp3) is 0.0952. The molecule has 0 aliphatic carbocycles. The second-order valence-corrected chi connectivity index (χ2v) is 10.9. The number of benzene rings is 2. The summed E-state index contributed by atoms with van der Waals surface area (Å²) in [5.41, 5.74) is -1.90. The van der Waals surface area contributed by atoms with Gasteiger partial charge in [-0.3, -0.25) is 9.36 Å². The van der Waals surface area contributed by atoms with Gasteiger partial charge in [-0.1, -0.05) is 11.6 Å². The van der Waals surface area contributed by atoms with Gasteiger partial charge in [0.1, 0.15) is 10.5 Å². The van der Waals surface area contributed by atoms with Crippen LogP contribution in [0, 0.1) is 0 Å². The lowest BCUT2D eigenvalue weighted by molar-refractivity contribution is -0.137. The molecule has 4 aromatic rings. The second-order valence-electron chi connectivity index (χ2n) is 7.25. The number of amides is 2. The summed E-state index contributed by atoms with van der Waals surface area (Å²) in [6.07, 6.45) is -3.94. The molecule has 0 radical (unpaired) electrons. The van der Waals surface area contributed by atoms with Gasteiger partial charge in [-0.15, -0.1) is 11.3 Å². The number of anilines is 2. The molecule has 36 heavy (non-hydrogen) atoms. The van der Waals surface area contributed by atoms with Gasteiger partial charge in [0, 0.05) is 18.4 Å². The molecule has 2 heterocycles. The summed E-state index contributed by atoms with van der Waals surface area (Å²) in [7, 11) is -2.62. The summed E-state index contributed by atoms with van der Waals surface area (Å²) in [5.74, 6) is 0. The van der Waals surface area contributed by atoms with Crippen molar-refractivity contribution in [2.75, 3.05) is 17.7 Å². The van der Waals surface area contributed by atoms with Crippen molar-refractivity contribution >= 4 is 61.3 Å². The Morgan fingerprint density at radius 3 is 2.44 bits per heavy atom. The maximum absolute atomic E-state index is 13.9. The van der Waals surface area contributed by atoms with E-state index in [0.717, 1.165) is 23.0 Å². The highest BCUT2D eigenvalue weighted by molar-refractivity contribution is 7.92. The van der Waals surface area contributed by atoms with E-state index >= 15 is 0 Å². The Balaban J connectivity index is 1.68. The lowest BCUT2D eigenvalue weighted by Gasteiger charge is -2.17. The fourth-order valence-corrected chi connectivity index (χ4v) is 5.66. The summed E-state index contributed by atoms with van der Waals surface area (Å²) in [5, 5.41) is 5.04. The third-order valence-corrected chi connectivity index (χ3v) is 7.96. The van der Waals surface area contributed by atoms with Crippen molar-refractivity contribution in [1.82, 2.24) is 14.3 Å². The average molecular weight is 558 g/mol. The number of rotatable bonds is 5. The number of halogens is 4. The van der Waals surface area contributed by atoms with Crippen LogP contribution >= 0.6 is 22.9 Å². The Morgan fingerprint density at radius 1 is 1.08 bits per heavy atom. The molecule has 0 aliphatic heterocycles. The highest BCUT2D eigenvalue weighted by Crippen LogP contribution is 2.35. The summed E-state index contributed by atoms with van der Waals surface area (Å²) >= 11 is 6.40. The lowest BCUT2D eigenvalue weighted by atomic mass is 10.1. The van der Waals surface area contributed by atoms with Crippen LogP contribution < -0.4 is 20.9 Å². The molecule has 15 heteroatoms. The first kappa shape index (κ1) is 25.5. The van der Waals surface area contributed by atoms with Gasteiger partial charge in [0.2, 0.25) is 0 Å². The van der Waals surface area contributed by atoms with E-state index in [-0.39, 0.29) is 19.6 Å². The SMILES string of the molecule is CNc1ccc2c(=O)n(-c3ccc(NC(=O)NS(=O)(=O)c4ccc(Cl)s4)cc3C(F)(F)F)cnc2c1. The zero-order chi connectivity index (χ0) is 26.3. The molecule has 2 amide bonds. The zero-order valence-corrected chi connectivity index (χ0v) is 20.4. The standard InChI is InChI=1S/C21H15ClF3N5O4S2/c1-26-11-2-4-13-15(9-11)27-10-30(19(13)31)16-5-3-12(8-14(16)21(23,24)25)28-20(32)29-36(33,34)18-7-6-17(22)35-18/h2-10,26H,1H3,(H2,28,29,32). The monoisotopic (exact) mass is 557 g/mol. The number of urea groups is 1. The van der Waals surface area contributed by atoms with E-state index in [1.807, 2.05) is 0 Å². The Kier molecular flexibility index (Phi) is 6.68. The number of alkyl halides is 3. The number of hydrogen-bond acceptors (Lipinski definition) is 7. The van der Waals surface area contributed by atoms with Crippen molar-refractivity contribution in [3.8, 4) is 5.69 Å². The summed E-state index contributed by atoms with van der Waals surface area (Å²) < 4.78 is 68.6. The van der Waals surface area contributed by atoms with Gasteiger partial charge in [-0.25, -0.2) is 22.9 Å². The average Bonchev–Trinajstić information content (AvgIpc) is 3.25. The Hall–Kier alpha value is -3.62. The van der Waals surface area contributed by atoms with Crippen molar-refractivity contribution in [2.24, 2.45) is 0 Å². The molecule has 2 aromatic carbocycles. The minimum absolute atomic E-state index is 0.102. The second kappa shape index (κ2) is 9.44. The van der Waals surface area contributed by atoms with Gasteiger partial charge in [0.15, 0.2) is 0 Å². The van der Waals surface area contributed by atoms with Crippen molar-refractivity contribution < 1.29 is 26.4 Å². The van der Waals surface area contributed by atoms with Crippen molar-refractivity contribution in [3.05, 3.63) is 75.1 Å². The van der Waals surface area contributed by atoms with Gasteiger partial charge in [0.25, 0.3) is 15.6 Å². The smallest absolute Gasteiger partial charge is 0.388 e. The van der Waals surface area contributed by atoms with Crippen molar-refractivity contribution in [1.29, 1.82) is 0 Å². The van der Waals surface area contributed by atoms with Crippen molar-refractivity contribution in [2.45, 2.75) is 10.4 Å². The van der Waals surface area contributed by atoms with Gasteiger partial charge < -0.3 is 10.6 Å². The number of fused-ring (bicyclic) bond motifs is 1. The molecular weight excluding hydrogens is 543 g/mol. The molecule has 0 bridgehead atoms. The molecule has 2 aromatic heterocycles.